The Morgan fingerprint density at radius 1 is 0.750 bits per heavy atom. The van der Waals surface area contributed by atoms with Crippen LogP contribution in [0.3, 0.4) is 0 Å². The average Bonchev–Trinajstić information content (AvgIpc) is 2.86. The van der Waals surface area contributed by atoms with Gasteiger partial charge in [-0.2, -0.15) is 8.78 Å². The molecule has 3 rings (SSSR count). The number of hydrogen-bond acceptors (Lipinski definition) is 2. The third kappa shape index (κ3) is 7.09. The van der Waals surface area contributed by atoms with Crippen LogP contribution >= 0.6 is 0 Å². The Kier molecular flexibility index (Phi) is 9.91. The minimum absolute atomic E-state index is 0.0677. The number of ether oxygens (including phenoxy) is 2. The first-order valence-corrected chi connectivity index (χ1v) is 11.9. The summed E-state index contributed by atoms with van der Waals surface area (Å²) in [7, 11) is 0. The van der Waals surface area contributed by atoms with E-state index in [1.165, 1.54) is 31.2 Å². The normalized spacial score (nSPS) is 11.6. The minimum Gasteiger partial charge on any atom is -0.491 e. The topological polar surface area (TPSA) is 18.5 Å². The van der Waals surface area contributed by atoms with Gasteiger partial charge in [0.2, 0.25) is 11.6 Å². The van der Waals surface area contributed by atoms with Crippen LogP contribution in [0.5, 0.6) is 11.5 Å². The van der Waals surface area contributed by atoms with E-state index in [0.717, 1.165) is 37.7 Å². The number of benzene rings is 3. The van der Waals surface area contributed by atoms with Crippen LogP contribution in [0.1, 0.15) is 50.7 Å². The van der Waals surface area contributed by atoms with Gasteiger partial charge in [0.1, 0.15) is 6.61 Å². The van der Waals surface area contributed by atoms with E-state index in [4.69, 9.17) is 9.47 Å². The van der Waals surface area contributed by atoms with Crippen molar-refractivity contribution in [1.29, 1.82) is 0 Å². The molecule has 2 nitrogen and oxygen atoms in total. The summed E-state index contributed by atoms with van der Waals surface area (Å²) in [6, 6.07) is 12.4. The Balaban J connectivity index is 1.62. The van der Waals surface area contributed by atoms with Gasteiger partial charge in [-0.05, 0) is 74.9 Å². The molecule has 0 heterocycles. The van der Waals surface area contributed by atoms with Gasteiger partial charge in [0.05, 0.1) is 12.4 Å². The summed E-state index contributed by atoms with van der Waals surface area (Å²) in [5.74, 6) is -5.41. The maximum absolute atomic E-state index is 14.8. The fraction of sp³-hybridized carbons (Fsp3) is 0.310. The number of hydrogen-bond donors (Lipinski definition) is 0. The van der Waals surface area contributed by atoms with Crippen molar-refractivity contribution < 1.29 is 31.4 Å². The second-order valence-electron chi connectivity index (χ2n) is 8.40. The SMILES string of the molecule is CCOc1ccc(COc2ccc(-c3ccc(CCCCC/C=C(/C)F)cc3)c(F)c2F)c(F)c1F. The predicted octanol–water partition coefficient (Wildman–Crippen LogP) is 8.86. The van der Waals surface area contributed by atoms with E-state index in [0.29, 0.717) is 5.56 Å². The van der Waals surface area contributed by atoms with Crippen LogP contribution in [0, 0.1) is 23.3 Å². The monoisotopic (exact) mass is 504 g/mol. The van der Waals surface area contributed by atoms with Gasteiger partial charge in [-0.15, -0.1) is 0 Å². The quantitative estimate of drug-likeness (QED) is 0.181. The molecule has 0 atom stereocenters. The van der Waals surface area contributed by atoms with Crippen LogP contribution in [0.2, 0.25) is 0 Å². The van der Waals surface area contributed by atoms with Crippen molar-refractivity contribution in [3.63, 3.8) is 0 Å². The van der Waals surface area contributed by atoms with Crippen LogP contribution < -0.4 is 9.47 Å². The van der Waals surface area contributed by atoms with E-state index in [1.807, 2.05) is 12.1 Å². The Bertz CT molecular complexity index is 1190. The van der Waals surface area contributed by atoms with E-state index in [1.54, 1.807) is 25.1 Å². The fourth-order valence-corrected chi connectivity index (χ4v) is 3.77. The summed E-state index contributed by atoms with van der Waals surface area (Å²) in [5, 5.41) is 0. The van der Waals surface area contributed by atoms with Gasteiger partial charge >= 0.3 is 0 Å². The highest BCUT2D eigenvalue weighted by Crippen LogP contribution is 2.31. The Labute approximate surface area is 208 Å². The molecular weight excluding hydrogens is 475 g/mol. The van der Waals surface area contributed by atoms with Crippen molar-refractivity contribution in [3.8, 4) is 22.6 Å². The van der Waals surface area contributed by atoms with E-state index in [-0.39, 0.29) is 29.3 Å². The molecule has 0 aliphatic carbocycles. The summed E-state index contributed by atoms with van der Waals surface area (Å²) < 4.78 is 80.6. The molecule has 7 heteroatoms. The molecule has 0 fully saturated rings. The summed E-state index contributed by atoms with van der Waals surface area (Å²) in [5.41, 5.74) is 1.49. The highest BCUT2D eigenvalue weighted by atomic mass is 19.2. The van der Waals surface area contributed by atoms with Crippen molar-refractivity contribution in [1.82, 2.24) is 0 Å². The van der Waals surface area contributed by atoms with Crippen molar-refractivity contribution in [2.75, 3.05) is 6.61 Å². The molecule has 0 amide bonds. The van der Waals surface area contributed by atoms with Crippen LogP contribution in [0.4, 0.5) is 22.0 Å². The molecule has 3 aromatic rings. The standard InChI is InChI=1S/C29H29F5O2/c1-3-35-24-16-14-22(26(31)28(24)33)18-36-25-17-15-23(27(32)29(25)34)21-12-10-20(11-13-21)9-7-5-4-6-8-19(2)30/h8,10-17H,3-7,9,18H2,1-2H3/b19-8-. The average molecular weight is 505 g/mol. The molecule has 0 saturated heterocycles. The van der Waals surface area contributed by atoms with Crippen molar-refractivity contribution >= 4 is 0 Å². The van der Waals surface area contributed by atoms with Crippen LogP contribution in [-0.4, -0.2) is 6.61 Å². The molecule has 0 aliphatic rings. The molecule has 36 heavy (non-hydrogen) atoms. The van der Waals surface area contributed by atoms with Crippen LogP contribution in [0.15, 0.2) is 60.4 Å². The fourth-order valence-electron chi connectivity index (χ4n) is 3.77. The lowest BCUT2D eigenvalue weighted by Crippen LogP contribution is -2.05. The van der Waals surface area contributed by atoms with E-state index >= 15 is 0 Å². The lowest BCUT2D eigenvalue weighted by atomic mass is 10.0. The first kappa shape index (κ1) is 27.2. The van der Waals surface area contributed by atoms with Gasteiger partial charge in [-0.3, -0.25) is 0 Å². The Hall–Kier alpha value is -3.35. The van der Waals surface area contributed by atoms with Crippen LogP contribution in [0.25, 0.3) is 11.1 Å². The number of halogens is 5. The summed E-state index contributed by atoms with van der Waals surface area (Å²) >= 11 is 0. The second kappa shape index (κ2) is 13.1. The molecular formula is C29H29F5O2. The van der Waals surface area contributed by atoms with E-state index in [2.05, 4.69) is 0 Å². The van der Waals surface area contributed by atoms with Crippen molar-refractivity contribution in [2.24, 2.45) is 0 Å². The number of rotatable bonds is 12. The largest absolute Gasteiger partial charge is 0.491 e. The third-order valence-electron chi connectivity index (χ3n) is 5.72. The first-order chi connectivity index (χ1) is 17.3. The van der Waals surface area contributed by atoms with E-state index in [9.17, 15) is 22.0 Å². The Morgan fingerprint density at radius 3 is 2.11 bits per heavy atom. The summed E-state index contributed by atoms with van der Waals surface area (Å²) in [4.78, 5) is 0. The molecule has 0 N–H and O–H groups in total. The second-order valence-corrected chi connectivity index (χ2v) is 8.40. The lowest BCUT2D eigenvalue weighted by Gasteiger charge is -2.12. The molecule has 0 spiro atoms. The zero-order valence-corrected chi connectivity index (χ0v) is 20.4. The van der Waals surface area contributed by atoms with Gasteiger partial charge in [-0.25, -0.2) is 13.2 Å². The zero-order valence-electron chi connectivity index (χ0n) is 20.4. The van der Waals surface area contributed by atoms with Gasteiger partial charge in [-0.1, -0.05) is 36.8 Å². The molecule has 192 valence electrons. The van der Waals surface area contributed by atoms with Crippen molar-refractivity contribution in [3.05, 3.63) is 94.8 Å². The maximum Gasteiger partial charge on any atom is 0.201 e. The van der Waals surface area contributed by atoms with E-state index < -0.39 is 35.6 Å². The predicted molar refractivity (Wildman–Crippen MR) is 131 cm³/mol. The molecule has 0 radical (unpaired) electrons. The van der Waals surface area contributed by atoms with Gasteiger partial charge < -0.3 is 9.47 Å². The maximum atomic E-state index is 14.8. The minimum atomic E-state index is -1.21. The number of unbranched alkanes of at least 4 members (excludes halogenated alkanes) is 3. The molecule has 0 aromatic heterocycles. The number of aryl methyl sites for hydroxylation is 1. The molecule has 0 bridgehead atoms. The molecule has 0 aliphatic heterocycles. The third-order valence-corrected chi connectivity index (χ3v) is 5.72. The van der Waals surface area contributed by atoms with Gasteiger partial charge in [0, 0.05) is 11.1 Å². The smallest absolute Gasteiger partial charge is 0.201 e. The highest BCUT2D eigenvalue weighted by molar-refractivity contribution is 5.65. The lowest BCUT2D eigenvalue weighted by molar-refractivity contribution is 0.274. The van der Waals surface area contributed by atoms with Gasteiger partial charge in [0.15, 0.2) is 23.1 Å². The summed E-state index contributed by atoms with van der Waals surface area (Å²) in [6.45, 7) is 2.77. The first-order valence-electron chi connectivity index (χ1n) is 11.9. The highest BCUT2D eigenvalue weighted by Gasteiger charge is 2.18. The number of allylic oxidation sites excluding steroid dienone is 2. The van der Waals surface area contributed by atoms with Crippen molar-refractivity contribution in [2.45, 2.75) is 52.6 Å². The zero-order chi connectivity index (χ0) is 26.1. The molecule has 0 saturated carbocycles. The van der Waals surface area contributed by atoms with Crippen LogP contribution in [-0.2, 0) is 13.0 Å². The summed E-state index contributed by atoms with van der Waals surface area (Å²) in [6.07, 6.45) is 5.98. The van der Waals surface area contributed by atoms with Gasteiger partial charge in [0.25, 0.3) is 0 Å². The Morgan fingerprint density at radius 2 is 1.42 bits per heavy atom. The molecule has 3 aromatic carbocycles. The molecule has 0 unspecified atom stereocenters.